The van der Waals surface area contributed by atoms with Crippen molar-refractivity contribution in [1.82, 2.24) is 4.40 Å². The summed E-state index contributed by atoms with van der Waals surface area (Å²) >= 11 is 0. The highest BCUT2D eigenvalue weighted by atomic mass is 16.3. The molecular formula is C25H17N2O+. The molecule has 0 spiro atoms. The van der Waals surface area contributed by atoms with Gasteiger partial charge in [0.2, 0.25) is 11.7 Å². The Labute approximate surface area is 160 Å². The number of hydrogen-bond acceptors (Lipinski definition) is 1. The van der Waals surface area contributed by atoms with Crippen molar-refractivity contribution in [3.63, 3.8) is 0 Å². The summed E-state index contributed by atoms with van der Waals surface area (Å²) < 4.78 is 10.5. The normalized spacial score (nSPS) is 12.6. The lowest BCUT2D eigenvalue weighted by Crippen LogP contribution is -2.29. The van der Waals surface area contributed by atoms with Crippen LogP contribution in [0.25, 0.3) is 60.0 Å². The molecule has 7 aromatic rings. The second-order valence-electron chi connectivity index (χ2n) is 7.81. The first kappa shape index (κ1) is 14.5. The fraction of sp³-hybridized carbons (Fsp3) is 0.0800. The summed E-state index contributed by atoms with van der Waals surface area (Å²) in [6.45, 7) is 2.22. The third kappa shape index (κ3) is 1.48. The van der Waals surface area contributed by atoms with Crippen LogP contribution in [0.1, 0.15) is 5.56 Å². The number of para-hydroxylation sites is 1. The van der Waals surface area contributed by atoms with Gasteiger partial charge in [-0.2, -0.15) is 4.57 Å². The highest BCUT2D eigenvalue weighted by Gasteiger charge is 2.25. The molecule has 0 unspecified atom stereocenters. The Bertz CT molecular complexity index is 1730. The molecule has 3 aromatic carbocycles. The largest absolute Gasteiger partial charge is 0.458 e. The number of rotatable bonds is 0. The predicted octanol–water partition coefficient (Wildman–Crippen LogP) is 5.87. The molecule has 3 heteroatoms. The van der Waals surface area contributed by atoms with Gasteiger partial charge >= 0.3 is 0 Å². The van der Waals surface area contributed by atoms with Gasteiger partial charge in [0.1, 0.15) is 12.6 Å². The maximum atomic E-state index is 5.81. The summed E-state index contributed by atoms with van der Waals surface area (Å²) in [5.41, 5.74) is 7.23. The van der Waals surface area contributed by atoms with Crippen molar-refractivity contribution >= 4 is 60.0 Å². The van der Waals surface area contributed by atoms with Crippen LogP contribution in [-0.4, -0.2) is 4.40 Å². The van der Waals surface area contributed by atoms with Gasteiger partial charge in [0.15, 0.2) is 5.58 Å². The van der Waals surface area contributed by atoms with E-state index in [1.807, 2.05) is 0 Å². The number of nitrogens with zero attached hydrogens (tertiary/aromatic N) is 2. The molecule has 0 aliphatic heterocycles. The van der Waals surface area contributed by atoms with Crippen molar-refractivity contribution in [2.24, 2.45) is 7.05 Å². The van der Waals surface area contributed by atoms with Crippen molar-refractivity contribution < 1.29 is 8.98 Å². The standard InChI is InChI=1S/C25H17N2O/c1-14-7-8-15-9-10-17-16-5-3-4-6-19(16)27-23(17)22(15)21(14)25-24(27)18-11-12-28-20(18)13-26(25)2/h3-13H,1-2H3/q+1. The van der Waals surface area contributed by atoms with Crippen LogP contribution < -0.4 is 4.57 Å². The Morgan fingerprint density at radius 3 is 2.61 bits per heavy atom. The fourth-order valence-corrected chi connectivity index (χ4v) is 5.18. The molecule has 0 N–H and O–H groups in total. The quantitative estimate of drug-likeness (QED) is 0.188. The minimum absolute atomic E-state index is 0.913. The van der Waals surface area contributed by atoms with E-state index in [1.165, 1.54) is 54.6 Å². The monoisotopic (exact) mass is 361 g/mol. The summed E-state index contributed by atoms with van der Waals surface area (Å²) in [7, 11) is 2.12. The molecule has 7 rings (SSSR count). The zero-order chi connectivity index (χ0) is 18.6. The van der Waals surface area contributed by atoms with E-state index in [-0.39, 0.29) is 0 Å². The number of hydrogen-bond donors (Lipinski definition) is 0. The van der Waals surface area contributed by atoms with E-state index in [0.717, 1.165) is 11.0 Å². The van der Waals surface area contributed by atoms with E-state index >= 15 is 0 Å². The summed E-state index contributed by atoms with van der Waals surface area (Å²) in [4.78, 5) is 0. The summed E-state index contributed by atoms with van der Waals surface area (Å²) in [6, 6.07) is 19.8. The van der Waals surface area contributed by atoms with Gasteiger partial charge in [-0.1, -0.05) is 42.5 Å². The first-order chi connectivity index (χ1) is 13.7. The summed E-state index contributed by atoms with van der Waals surface area (Å²) in [5.74, 6) is 0. The van der Waals surface area contributed by atoms with Crippen molar-refractivity contribution in [2.45, 2.75) is 6.92 Å². The molecule has 4 heterocycles. The maximum Gasteiger partial charge on any atom is 0.238 e. The SMILES string of the molecule is Cc1ccc2ccc3c4ccccc4n4c3c2c1c1c4c2ccoc2c[n+]1C. The van der Waals surface area contributed by atoms with Crippen LogP contribution in [0.4, 0.5) is 0 Å². The van der Waals surface area contributed by atoms with Gasteiger partial charge in [-0.3, -0.25) is 0 Å². The first-order valence-corrected chi connectivity index (χ1v) is 9.60. The van der Waals surface area contributed by atoms with Crippen LogP contribution in [0.3, 0.4) is 0 Å². The van der Waals surface area contributed by atoms with Crippen LogP contribution in [0.5, 0.6) is 0 Å². The van der Waals surface area contributed by atoms with Crippen LogP contribution in [0, 0.1) is 6.92 Å². The minimum atomic E-state index is 0.913. The predicted molar refractivity (Wildman–Crippen MR) is 114 cm³/mol. The lowest BCUT2D eigenvalue weighted by Gasteiger charge is -2.13. The van der Waals surface area contributed by atoms with Gasteiger partial charge < -0.3 is 8.82 Å². The third-order valence-corrected chi connectivity index (χ3v) is 6.32. The molecule has 4 aromatic heterocycles. The van der Waals surface area contributed by atoms with Crippen LogP contribution in [0.2, 0.25) is 0 Å². The highest BCUT2D eigenvalue weighted by Crippen LogP contribution is 2.42. The number of benzene rings is 3. The molecular weight excluding hydrogens is 344 g/mol. The number of aryl methyl sites for hydroxylation is 2. The fourth-order valence-electron chi connectivity index (χ4n) is 5.18. The lowest BCUT2D eigenvalue weighted by molar-refractivity contribution is -0.643. The van der Waals surface area contributed by atoms with E-state index in [4.69, 9.17) is 4.42 Å². The molecule has 132 valence electrons. The number of pyridine rings is 2. The van der Waals surface area contributed by atoms with Gasteiger partial charge in [-0.15, -0.1) is 0 Å². The lowest BCUT2D eigenvalue weighted by atomic mass is 9.96. The Morgan fingerprint density at radius 2 is 1.68 bits per heavy atom. The van der Waals surface area contributed by atoms with Crippen molar-refractivity contribution in [1.29, 1.82) is 0 Å². The second kappa shape index (κ2) is 4.63. The average molecular weight is 361 g/mol. The Balaban J connectivity index is 2.05. The molecule has 0 amide bonds. The molecule has 0 radical (unpaired) electrons. The van der Waals surface area contributed by atoms with Crippen molar-refractivity contribution in [3.05, 3.63) is 72.6 Å². The minimum Gasteiger partial charge on any atom is -0.458 e. The zero-order valence-electron chi connectivity index (χ0n) is 15.7. The molecule has 0 fully saturated rings. The molecule has 0 bridgehead atoms. The van der Waals surface area contributed by atoms with Gasteiger partial charge in [-0.25, -0.2) is 0 Å². The topological polar surface area (TPSA) is 21.4 Å². The Morgan fingerprint density at radius 1 is 0.821 bits per heavy atom. The second-order valence-corrected chi connectivity index (χ2v) is 7.81. The van der Waals surface area contributed by atoms with E-state index in [2.05, 4.69) is 83.7 Å². The molecule has 0 saturated carbocycles. The Kier molecular flexibility index (Phi) is 2.39. The summed E-state index contributed by atoms with van der Waals surface area (Å²) in [5, 5.41) is 7.72. The molecule has 0 aliphatic carbocycles. The van der Waals surface area contributed by atoms with E-state index < -0.39 is 0 Å². The van der Waals surface area contributed by atoms with Crippen molar-refractivity contribution in [3.8, 4) is 0 Å². The van der Waals surface area contributed by atoms with Gasteiger partial charge in [0.05, 0.1) is 28.1 Å². The van der Waals surface area contributed by atoms with Crippen LogP contribution in [0.15, 0.2) is 71.5 Å². The van der Waals surface area contributed by atoms with E-state index in [1.54, 1.807) is 6.26 Å². The molecule has 3 nitrogen and oxygen atoms in total. The van der Waals surface area contributed by atoms with E-state index in [0.29, 0.717) is 0 Å². The smallest absolute Gasteiger partial charge is 0.238 e. The van der Waals surface area contributed by atoms with Gasteiger partial charge in [0, 0.05) is 16.2 Å². The molecule has 0 atom stereocenters. The van der Waals surface area contributed by atoms with Crippen LogP contribution in [-0.2, 0) is 7.05 Å². The maximum absolute atomic E-state index is 5.81. The van der Waals surface area contributed by atoms with E-state index in [9.17, 15) is 0 Å². The van der Waals surface area contributed by atoms with Crippen molar-refractivity contribution in [2.75, 3.05) is 0 Å². The highest BCUT2D eigenvalue weighted by molar-refractivity contribution is 6.29. The average Bonchev–Trinajstić information content (AvgIpc) is 3.31. The molecule has 0 aliphatic rings. The third-order valence-electron chi connectivity index (χ3n) is 6.32. The zero-order valence-corrected chi connectivity index (χ0v) is 15.7. The van der Waals surface area contributed by atoms with Gasteiger partial charge in [0.25, 0.3) is 0 Å². The van der Waals surface area contributed by atoms with Gasteiger partial charge in [-0.05, 0) is 30.0 Å². The molecule has 0 saturated heterocycles. The number of fused-ring (bicyclic) bond motifs is 8. The first-order valence-electron chi connectivity index (χ1n) is 9.60. The number of aromatic nitrogens is 2. The van der Waals surface area contributed by atoms with Crippen LogP contribution >= 0.6 is 0 Å². The Hall–Kier alpha value is -3.59. The number of furan rings is 1. The summed E-state index contributed by atoms with van der Waals surface area (Å²) in [6.07, 6.45) is 3.89. The molecule has 28 heavy (non-hydrogen) atoms.